The van der Waals surface area contributed by atoms with Crippen LogP contribution in [0.5, 0.6) is 0 Å². The van der Waals surface area contributed by atoms with Crippen molar-refractivity contribution in [2.24, 2.45) is 0 Å². The first-order valence-electron chi connectivity index (χ1n) is 6.86. The van der Waals surface area contributed by atoms with Gasteiger partial charge in [0.05, 0.1) is 4.90 Å². The third-order valence-electron chi connectivity index (χ3n) is 3.34. The van der Waals surface area contributed by atoms with Crippen molar-refractivity contribution >= 4 is 21.4 Å². The van der Waals surface area contributed by atoms with Crippen LogP contribution in [0.15, 0.2) is 34.0 Å². The second-order valence-corrected chi connectivity index (χ2v) is 7.38. The molecule has 0 saturated heterocycles. The van der Waals surface area contributed by atoms with Crippen molar-refractivity contribution in [3.8, 4) is 0 Å². The van der Waals surface area contributed by atoms with Gasteiger partial charge in [-0.2, -0.15) is 11.3 Å². The molecule has 2 aromatic rings. The Bertz CT molecular complexity index is 675. The number of thiophene rings is 1. The number of hydrogen-bond acceptors (Lipinski definition) is 4. The molecule has 0 aliphatic rings. The lowest BCUT2D eigenvalue weighted by Crippen LogP contribution is -2.26. The smallest absolute Gasteiger partial charge is 0.242 e. The normalized spacial score (nSPS) is 13.5. The Balaban J connectivity index is 2.23. The molecule has 0 saturated carbocycles. The van der Waals surface area contributed by atoms with Gasteiger partial charge in [0.1, 0.15) is 0 Å². The van der Waals surface area contributed by atoms with E-state index in [-0.39, 0.29) is 6.04 Å². The molecule has 2 rings (SSSR count). The first kappa shape index (κ1) is 16.2. The van der Waals surface area contributed by atoms with E-state index in [1.165, 1.54) is 0 Å². The number of rotatable bonds is 7. The molecular formula is C14H21N3O2S2. The largest absolute Gasteiger partial charge is 0.349 e. The van der Waals surface area contributed by atoms with Crippen molar-refractivity contribution in [1.82, 2.24) is 14.6 Å². The highest BCUT2D eigenvalue weighted by Crippen LogP contribution is 2.20. The second kappa shape index (κ2) is 6.74. The van der Waals surface area contributed by atoms with Gasteiger partial charge in [-0.05, 0) is 49.4 Å². The fourth-order valence-electron chi connectivity index (χ4n) is 2.19. The fourth-order valence-corrected chi connectivity index (χ4v) is 4.24. The minimum atomic E-state index is -3.51. The molecule has 0 spiro atoms. The van der Waals surface area contributed by atoms with Crippen LogP contribution < -0.4 is 10.0 Å². The number of sulfonamides is 1. The third kappa shape index (κ3) is 3.74. The minimum Gasteiger partial charge on any atom is -0.349 e. The molecular weight excluding hydrogens is 306 g/mol. The first-order valence-corrected chi connectivity index (χ1v) is 9.28. The number of aromatic nitrogens is 1. The highest BCUT2D eigenvalue weighted by Gasteiger charge is 2.21. The van der Waals surface area contributed by atoms with E-state index in [0.717, 1.165) is 17.8 Å². The molecule has 5 nitrogen and oxygen atoms in total. The zero-order valence-corrected chi connectivity index (χ0v) is 14.1. The van der Waals surface area contributed by atoms with Crippen molar-refractivity contribution in [2.45, 2.75) is 37.9 Å². The van der Waals surface area contributed by atoms with Crippen molar-refractivity contribution in [1.29, 1.82) is 0 Å². The molecule has 21 heavy (non-hydrogen) atoms. The van der Waals surface area contributed by atoms with Crippen molar-refractivity contribution in [3.05, 3.63) is 40.3 Å². The van der Waals surface area contributed by atoms with E-state index in [4.69, 9.17) is 0 Å². The van der Waals surface area contributed by atoms with Gasteiger partial charge in [0.2, 0.25) is 10.0 Å². The van der Waals surface area contributed by atoms with Crippen LogP contribution in [0, 0.1) is 0 Å². The summed E-state index contributed by atoms with van der Waals surface area (Å²) in [6.45, 7) is 5.23. The van der Waals surface area contributed by atoms with E-state index < -0.39 is 10.0 Å². The average molecular weight is 327 g/mol. The summed E-state index contributed by atoms with van der Waals surface area (Å²) in [6.07, 6.45) is 1.69. The monoisotopic (exact) mass is 327 g/mol. The Labute approximate surface area is 130 Å². The molecule has 0 fully saturated rings. The molecule has 7 heteroatoms. The summed E-state index contributed by atoms with van der Waals surface area (Å²) < 4.78 is 29.6. The molecule has 0 aliphatic carbocycles. The maximum Gasteiger partial charge on any atom is 0.242 e. The lowest BCUT2D eigenvalue weighted by molar-refractivity contribution is 0.567. The minimum absolute atomic E-state index is 0.237. The second-order valence-electron chi connectivity index (χ2n) is 4.88. The molecule has 0 aliphatic heterocycles. The molecule has 0 amide bonds. The van der Waals surface area contributed by atoms with Gasteiger partial charge in [-0.15, -0.1) is 0 Å². The zero-order valence-electron chi connectivity index (χ0n) is 12.5. The van der Waals surface area contributed by atoms with E-state index in [2.05, 4.69) is 10.0 Å². The summed E-state index contributed by atoms with van der Waals surface area (Å²) in [5.74, 6) is 0. The summed E-state index contributed by atoms with van der Waals surface area (Å²) in [4.78, 5) is 0.316. The van der Waals surface area contributed by atoms with Crippen molar-refractivity contribution in [3.63, 3.8) is 0 Å². The van der Waals surface area contributed by atoms with Crippen molar-refractivity contribution in [2.75, 3.05) is 7.05 Å². The standard InChI is InChI=1S/C14H21N3O2S2/c1-4-17-9-14(7-13(17)8-15-3)21(18,19)16-11(2)12-5-6-20-10-12/h5-7,9-11,15-16H,4,8H2,1-3H3. The van der Waals surface area contributed by atoms with Crippen LogP contribution in [0.3, 0.4) is 0 Å². The molecule has 1 unspecified atom stereocenters. The summed E-state index contributed by atoms with van der Waals surface area (Å²) >= 11 is 1.56. The van der Waals surface area contributed by atoms with Crippen LogP contribution in [-0.4, -0.2) is 20.0 Å². The number of hydrogen-bond donors (Lipinski definition) is 2. The third-order valence-corrected chi connectivity index (χ3v) is 5.55. The Morgan fingerprint density at radius 3 is 2.76 bits per heavy atom. The van der Waals surface area contributed by atoms with Gasteiger partial charge in [0.15, 0.2) is 0 Å². The van der Waals surface area contributed by atoms with Gasteiger partial charge < -0.3 is 9.88 Å². The van der Waals surface area contributed by atoms with Gasteiger partial charge in [-0.1, -0.05) is 0 Å². The Morgan fingerprint density at radius 2 is 2.19 bits per heavy atom. The summed E-state index contributed by atoms with van der Waals surface area (Å²) in [7, 11) is -1.66. The SMILES string of the molecule is CCn1cc(S(=O)(=O)NC(C)c2ccsc2)cc1CNC. The van der Waals surface area contributed by atoms with Gasteiger partial charge in [-0.3, -0.25) is 0 Å². The molecule has 2 aromatic heterocycles. The molecule has 2 heterocycles. The van der Waals surface area contributed by atoms with Crippen LogP contribution in [0.4, 0.5) is 0 Å². The predicted molar refractivity (Wildman–Crippen MR) is 85.9 cm³/mol. The first-order chi connectivity index (χ1) is 9.97. The van der Waals surface area contributed by atoms with Gasteiger partial charge in [0, 0.05) is 31.0 Å². The fraction of sp³-hybridized carbons (Fsp3) is 0.429. The van der Waals surface area contributed by atoms with E-state index in [9.17, 15) is 8.42 Å². The molecule has 0 bridgehead atoms. The zero-order chi connectivity index (χ0) is 15.5. The summed E-state index contributed by atoms with van der Waals surface area (Å²) in [5, 5.41) is 6.95. The van der Waals surface area contributed by atoms with Crippen LogP contribution in [0.25, 0.3) is 0 Å². The van der Waals surface area contributed by atoms with Crippen LogP contribution in [0.2, 0.25) is 0 Å². The van der Waals surface area contributed by atoms with E-state index in [1.807, 2.05) is 42.3 Å². The van der Waals surface area contributed by atoms with Gasteiger partial charge in [-0.25, -0.2) is 13.1 Å². The molecule has 0 aromatic carbocycles. The van der Waals surface area contributed by atoms with E-state index in [1.54, 1.807) is 23.6 Å². The van der Waals surface area contributed by atoms with Crippen LogP contribution in [0.1, 0.15) is 31.1 Å². The quantitative estimate of drug-likeness (QED) is 0.820. The number of aryl methyl sites for hydroxylation is 1. The molecule has 116 valence electrons. The highest BCUT2D eigenvalue weighted by atomic mass is 32.2. The lowest BCUT2D eigenvalue weighted by Gasteiger charge is -2.12. The van der Waals surface area contributed by atoms with Crippen LogP contribution >= 0.6 is 11.3 Å². The summed E-state index contributed by atoms with van der Waals surface area (Å²) in [5.41, 5.74) is 1.94. The van der Waals surface area contributed by atoms with Gasteiger partial charge in [0.25, 0.3) is 0 Å². The Hall–Kier alpha value is -1.15. The molecule has 0 radical (unpaired) electrons. The maximum absolute atomic E-state index is 12.5. The van der Waals surface area contributed by atoms with Crippen LogP contribution in [-0.2, 0) is 23.1 Å². The lowest BCUT2D eigenvalue weighted by atomic mass is 10.2. The topological polar surface area (TPSA) is 63.1 Å². The number of nitrogens with zero attached hydrogens (tertiary/aromatic N) is 1. The number of nitrogens with one attached hydrogen (secondary N) is 2. The molecule has 2 N–H and O–H groups in total. The van der Waals surface area contributed by atoms with Crippen molar-refractivity contribution < 1.29 is 8.42 Å². The molecule has 1 atom stereocenters. The Morgan fingerprint density at radius 1 is 1.43 bits per heavy atom. The Kier molecular flexibility index (Phi) is 5.21. The highest BCUT2D eigenvalue weighted by molar-refractivity contribution is 7.89. The van der Waals surface area contributed by atoms with Gasteiger partial charge >= 0.3 is 0 Å². The average Bonchev–Trinajstić information content (AvgIpc) is 3.08. The van der Waals surface area contributed by atoms with E-state index >= 15 is 0 Å². The van der Waals surface area contributed by atoms with E-state index in [0.29, 0.717) is 11.4 Å². The predicted octanol–water partition coefficient (Wildman–Crippen LogP) is 2.33. The maximum atomic E-state index is 12.5. The summed E-state index contributed by atoms with van der Waals surface area (Å²) in [6, 6.07) is 3.42.